The first-order valence-electron chi connectivity index (χ1n) is 7.61. The molecule has 0 aliphatic rings. The van der Waals surface area contributed by atoms with Crippen LogP contribution in [0.15, 0.2) is 24.3 Å². The second-order valence-corrected chi connectivity index (χ2v) is 5.48. The Kier molecular flexibility index (Phi) is 6.92. The maximum absolute atomic E-state index is 11.9. The first kappa shape index (κ1) is 17.2. The lowest BCUT2D eigenvalue weighted by molar-refractivity contribution is -0.121. The summed E-state index contributed by atoms with van der Waals surface area (Å²) < 4.78 is 0. The van der Waals surface area contributed by atoms with Crippen LogP contribution in [-0.4, -0.2) is 24.9 Å². The smallest absolute Gasteiger partial charge is 0.223 e. The summed E-state index contributed by atoms with van der Waals surface area (Å²) in [6.07, 6.45) is 1.24. The van der Waals surface area contributed by atoms with E-state index < -0.39 is 0 Å². The molecule has 0 aliphatic carbocycles. The summed E-state index contributed by atoms with van der Waals surface area (Å²) in [6.45, 7) is 8.86. The normalized spacial score (nSPS) is 10.5. The fourth-order valence-corrected chi connectivity index (χ4v) is 2.24. The van der Waals surface area contributed by atoms with Crippen molar-refractivity contribution < 1.29 is 9.59 Å². The van der Waals surface area contributed by atoms with Gasteiger partial charge in [-0.3, -0.25) is 9.59 Å². The molecule has 0 saturated carbocycles. The first-order chi connectivity index (χ1) is 9.97. The van der Waals surface area contributed by atoms with Crippen molar-refractivity contribution in [2.45, 2.75) is 46.5 Å². The highest BCUT2D eigenvalue weighted by Gasteiger charge is 2.17. The fraction of sp³-hybridized carbons (Fsp3) is 0.529. The number of para-hydroxylation sites is 1. The van der Waals surface area contributed by atoms with Crippen LogP contribution in [0.1, 0.15) is 52.0 Å². The lowest BCUT2D eigenvalue weighted by Crippen LogP contribution is -2.34. The number of carbonyl (C=O) groups excluding carboxylic acids is 2. The van der Waals surface area contributed by atoms with Crippen LogP contribution in [0.25, 0.3) is 0 Å². The molecule has 1 aromatic rings. The summed E-state index contributed by atoms with van der Waals surface area (Å²) in [5, 5.41) is 2.84. The summed E-state index contributed by atoms with van der Waals surface area (Å²) in [4.78, 5) is 25.4. The molecule has 0 aromatic heterocycles. The standard InChI is InChI=1S/C17H26N2O2/c1-5-11-18-17(21)10-12-19(14(4)20)16-9-7-6-8-15(16)13(2)3/h6-9,13H,5,10-12H2,1-4H3,(H,18,21). The summed E-state index contributed by atoms with van der Waals surface area (Å²) in [5.74, 6) is 0.286. The van der Waals surface area contributed by atoms with Crippen LogP contribution in [0.3, 0.4) is 0 Å². The highest BCUT2D eigenvalue weighted by Crippen LogP contribution is 2.27. The Morgan fingerprint density at radius 2 is 1.90 bits per heavy atom. The minimum Gasteiger partial charge on any atom is -0.356 e. The van der Waals surface area contributed by atoms with Gasteiger partial charge in [0.2, 0.25) is 11.8 Å². The molecule has 4 heteroatoms. The van der Waals surface area contributed by atoms with Gasteiger partial charge in [0.15, 0.2) is 0 Å². The van der Waals surface area contributed by atoms with Gasteiger partial charge in [-0.15, -0.1) is 0 Å². The van der Waals surface area contributed by atoms with Gasteiger partial charge in [0.25, 0.3) is 0 Å². The Morgan fingerprint density at radius 1 is 1.24 bits per heavy atom. The molecule has 21 heavy (non-hydrogen) atoms. The van der Waals surface area contributed by atoms with Crippen LogP contribution in [0.5, 0.6) is 0 Å². The first-order valence-corrected chi connectivity index (χ1v) is 7.61. The SMILES string of the molecule is CCCNC(=O)CCN(C(C)=O)c1ccccc1C(C)C. The largest absolute Gasteiger partial charge is 0.356 e. The van der Waals surface area contributed by atoms with Crippen LogP contribution in [-0.2, 0) is 9.59 Å². The number of benzene rings is 1. The maximum Gasteiger partial charge on any atom is 0.223 e. The van der Waals surface area contributed by atoms with Crippen molar-refractivity contribution in [3.8, 4) is 0 Å². The molecule has 0 atom stereocenters. The molecule has 1 N–H and O–H groups in total. The molecular formula is C17H26N2O2. The van der Waals surface area contributed by atoms with E-state index in [1.54, 1.807) is 11.8 Å². The van der Waals surface area contributed by atoms with Crippen LogP contribution in [0, 0.1) is 0 Å². The number of rotatable bonds is 7. The van der Waals surface area contributed by atoms with Gasteiger partial charge in [-0.05, 0) is 24.0 Å². The zero-order valence-corrected chi connectivity index (χ0v) is 13.5. The number of hydrogen-bond donors (Lipinski definition) is 1. The Labute approximate surface area is 127 Å². The van der Waals surface area contributed by atoms with Crippen molar-refractivity contribution in [2.75, 3.05) is 18.0 Å². The summed E-state index contributed by atoms with van der Waals surface area (Å²) in [5.41, 5.74) is 2.03. The van der Waals surface area contributed by atoms with Crippen molar-refractivity contribution in [1.29, 1.82) is 0 Å². The van der Waals surface area contributed by atoms with E-state index in [1.807, 2.05) is 31.2 Å². The van der Waals surface area contributed by atoms with Crippen molar-refractivity contribution >= 4 is 17.5 Å². The highest BCUT2D eigenvalue weighted by molar-refractivity contribution is 5.93. The predicted octanol–water partition coefficient (Wildman–Crippen LogP) is 3.08. The predicted molar refractivity (Wildman–Crippen MR) is 86.5 cm³/mol. The lowest BCUT2D eigenvalue weighted by Gasteiger charge is -2.25. The van der Waals surface area contributed by atoms with Gasteiger partial charge in [-0.25, -0.2) is 0 Å². The maximum atomic E-state index is 11.9. The summed E-state index contributed by atoms with van der Waals surface area (Å²) >= 11 is 0. The topological polar surface area (TPSA) is 49.4 Å². The van der Waals surface area contributed by atoms with Gasteiger partial charge < -0.3 is 10.2 Å². The van der Waals surface area contributed by atoms with Crippen LogP contribution >= 0.6 is 0 Å². The van der Waals surface area contributed by atoms with Crippen LogP contribution < -0.4 is 10.2 Å². The number of amides is 2. The molecule has 0 spiro atoms. The summed E-state index contributed by atoms with van der Waals surface area (Å²) in [7, 11) is 0. The van der Waals surface area contributed by atoms with E-state index in [9.17, 15) is 9.59 Å². The minimum absolute atomic E-state index is 0.00914. The van der Waals surface area contributed by atoms with E-state index in [0.717, 1.165) is 17.7 Å². The van der Waals surface area contributed by atoms with E-state index in [4.69, 9.17) is 0 Å². The number of nitrogens with one attached hydrogen (secondary N) is 1. The minimum atomic E-state index is -0.0357. The summed E-state index contributed by atoms with van der Waals surface area (Å²) in [6, 6.07) is 7.88. The Morgan fingerprint density at radius 3 is 2.48 bits per heavy atom. The third-order valence-corrected chi connectivity index (χ3v) is 3.36. The molecule has 0 saturated heterocycles. The molecular weight excluding hydrogens is 264 g/mol. The molecule has 0 bridgehead atoms. The number of anilines is 1. The van der Waals surface area contributed by atoms with Crippen LogP contribution in [0.4, 0.5) is 5.69 Å². The quantitative estimate of drug-likeness (QED) is 0.839. The van der Waals surface area contributed by atoms with E-state index in [2.05, 4.69) is 19.2 Å². The van der Waals surface area contributed by atoms with Crippen molar-refractivity contribution in [2.24, 2.45) is 0 Å². The highest BCUT2D eigenvalue weighted by atomic mass is 16.2. The van der Waals surface area contributed by atoms with Gasteiger partial charge >= 0.3 is 0 Å². The molecule has 4 nitrogen and oxygen atoms in total. The molecule has 0 radical (unpaired) electrons. The molecule has 0 heterocycles. The Bertz CT molecular complexity index is 483. The molecule has 2 amide bonds. The number of nitrogens with zero attached hydrogens (tertiary/aromatic N) is 1. The molecule has 1 rings (SSSR count). The average molecular weight is 290 g/mol. The van der Waals surface area contributed by atoms with Crippen LogP contribution in [0.2, 0.25) is 0 Å². The number of hydrogen-bond acceptors (Lipinski definition) is 2. The molecule has 1 aromatic carbocycles. The van der Waals surface area contributed by atoms with Gasteiger partial charge in [-0.1, -0.05) is 39.0 Å². The van der Waals surface area contributed by atoms with Crippen molar-refractivity contribution in [3.05, 3.63) is 29.8 Å². The Balaban J connectivity index is 2.83. The lowest BCUT2D eigenvalue weighted by atomic mass is 10.0. The van der Waals surface area contributed by atoms with E-state index in [0.29, 0.717) is 25.4 Å². The van der Waals surface area contributed by atoms with E-state index in [1.165, 1.54) is 0 Å². The van der Waals surface area contributed by atoms with E-state index >= 15 is 0 Å². The third kappa shape index (κ3) is 5.21. The number of carbonyl (C=O) groups is 2. The van der Waals surface area contributed by atoms with Crippen molar-refractivity contribution in [1.82, 2.24) is 5.32 Å². The molecule has 116 valence electrons. The fourth-order valence-electron chi connectivity index (χ4n) is 2.24. The second kappa shape index (κ2) is 8.45. The van der Waals surface area contributed by atoms with Gasteiger partial charge in [0, 0.05) is 32.1 Å². The zero-order valence-electron chi connectivity index (χ0n) is 13.5. The zero-order chi connectivity index (χ0) is 15.8. The van der Waals surface area contributed by atoms with Gasteiger partial charge in [0.05, 0.1) is 0 Å². The monoisotopic (exact) mass is 290 g/mol. The molecule has 0 fully saturated rings. The van der Waals surface area contributed by atoms with E-state index in [-0.39, 0.29) is 11.8 Å². The Hall–Kier alpha value is -1.84. The van der Waals surface area contributed by atoms with Gasteiger partial charge in [-0.2, -0.15) is 0 Å². The molecule has 0 aliphatic heterocycles. The third-order valence-electron chi connectivity index (χ3n) is 3.36. The average Bonchev–Trinajstić information content (AvgIpc) is 2.45. The molecule has 0 unspecified atom stereocenters. The van der Waals surface area contributed by atoms with Gasteiger partial charge in [0.1, 0.15) is 0 Å². The van der Waals surface area contributed by atoms with Crippen molar-refractivity contribution in [3.63, 3.8) is 0 Å². The second-order valence-electron chi connectivity index (χ2n) is 5.48.